The average Bonchev–Trinajstić information content (AvgIpc) is 3.15. The predicted octanol–water partition coefficient (Wildman–Crippen LogP) is 1.10. The van der Waals surface area contributed by atoms with Crippen molar-refractivity contribution in [1.29, 1.82) is 0 Å². The second-order valence-electron chi connectivity index (χ2n) is 6.51. The van der Waals surface area contributed by atoms with Crippen molar-refractivity contribution in [3.05, 3.63) is 47.8 Å². The molecule has 160 valence electrons. The molecule has 0 spiro atoms. The van der Waals surface area contributed by atoms with Gasteiger partial charge in [0, 0.05) is 38.9 Å². The van der Waals surface area contributed by atoms with Gasteiger partial charge in [-0.05, 0) is 24.7 Å². The number of aliphatic imine (C=N–C) groups is 1. The molecule has 1 unspecified atom stereocenters. The Balaban J connectivity index is 0.00000300. The maximum absolute atomic E-state index is 11.8. The number of hydrogen-bond acceptors (Lipinski definition) is 5. The molecule has 29 heavy (non-hydrogen) atoms. The summed E-state index contributed by atoms with van der Waals surface area (Å²) in [6.07, 6.45) is 3.74. The van der Waals surface area contributed by atoms with Crippen molar-refractivity contribution in [1.82, 2.24) is 24.7 Å². The largest absolute Gasteiger partial charge is 0.370 e. The van der Waals surface area contributed by atoms with Crippen molar-refractivity contribution in [2.24, 2.45) is 12.0 Å². The van der Waals surface area contributed by atoms with Crippen LogP contribution in [-0.2, 0) is 28.4 Å². The van der Waals surface area contributed by atoms with Gasteiger partial charge in [-0.25, -0.2) is 13.1 Å². The smallest absolute Gasteiger partial charge is 0.240 e. The molecule has 1 aliphatic rings. The predicted molar refractivity (Wildman–Crippen MR) is 122 cm³/mol. The SMILES string of the molecule is CN=C(NCc1ccc(S(=O)(=O)NC)cc1)N1CCOC(c2cnn(C)c2)C1.I. The first kappa shape index (κ1) is 23.6. The third kappa shape index (κ3) is 5.90. The second kappa shape index (κ2) is 10.4. The molecule has 0 saturated carbocycles. The summed E-state index contributed by atoms with van der Waals surface area (Å²) in [5.74, 6) is 0.782. The van der Waals surface area contributed by atoms with E-state index >= 15 is 0 Å². The number of nitrogens with zero attached hydrogens (tertiary/aromatic N) is 4. The van der Waals surface area contributed by atoms with Gasteiger partial charge >= 0.3 is 0 Å². The maximum atomic E-state index is 11.8. The number of halogens is 1. The second-order valence-corrected chi connectivity index (χ2v) is 8.39. The van der Waals surface area contributed by atoms with E-state index in [1.807, 2.05) is 19.4 Å². The van der Waals surface area contributed by atoms with Gasteiger partial charge in [-0.2, -0.15) is 5.10 Å². The topological polar surface area (TPSA) is 101 Å². The van der Waals surface area contributed by atoms with E-state index in [2.05, 4.69) is 25.0 Å². The Kier molecular flexibility index (Phi) is 8.43. The van der Waals surface area contributed by atoms with Gasteiger partial charge in [0.25, 0.3) is 0 Å². The van der Waals surface area contributed by atoms with Crippen LogP contribution >= 0.6 is 24.0 Å². The number of rotatable bonds is 5. The lowest BCUT2D eigenvalue weighted by atomic mass is 10.1. The van der Waals surface area contributed by atoms with Crippen LogP contribution in [0.1, 0.15) is 17.2 Å². The molecule has 1 aromatic heterocycles. The number of guanidine groups is 1. The molecule has 9 nitrogen and oxygen atoms in total. The van der Waals surface area contributed by atoms with Crippen LogP contribution in [0.15, 0.2) is 46.5 Å². The Morgan fingerprint density at radius 3 is 2.66 bits per heavy atom. The van der Waals surface area contributed by atoms with Gasteiger partial charge < -0.3 is 15.0 Å². The highest BCUT2D eigenvalue weighted by Gasteiger charge is 2.25. The highest BCUT2D eigenvalue weighted by molar-refractivity contribution is 14.0. The first-order chi connectivity index (χ1) is 13.4. The number of hydrogen-bond donors (Lipinski definition) is 2. The van der Waals surface area contributed by atoms with Crippen molar-refractivity contribution < 1.29 is 13.2 Å². The van der Waals surface area contributed by atoms with Crippen LogP contribution in [0.5, 0.6) is 0 Å². The molecule has 0 bridgehead atoms. The number of aryl methyl sites for hydroxylation is 1. The summed E-state index contributed by atoms with van der Waals surface area (Å²) in [6, 6.07) is 6.78. The summed E-state index contributed by atoms with van der Waals surface area (Å²) in [7, 11) is 1.61. The standard InChI is InChI=1S/C18H26N6O3S.HI/c1-19-18(21-10-14-4-6-16(7-5-14)28(25,26)20-2)24-8-9-27-17(13-24)15-11-22-23(3)12-15;/h4-7,11-12,17,20H,8-10,13H2,1-3H3,(H,19,21);1H. The van der Waals surface area contributed by atoms with Gasteiger partial charge in [-0.1, -0.05) is 12.1 Å². The van der Waals surface area contributed by atoms with Crippen molar-refractivity contribution in [2.75, 3.05) is 33.8 Å². The van der Waals surface area contributed by atoms with Gasteiger partial charge in [0.1, 0.15) is 6.10 Å². The van der Waals surface area contributed by atoms with Crippen molar-refractivity contribution >= 4 is 40.0 Å². The fourth-order valence-electron chi connectivity index (χ4n) is 3.07. The molecule has 11 heteroatoms. The minimum absolute atomic E-state index is 0. The summed E-state index contributed by atoms with van der Waals surface area (Å²) < 4.78 is 33.6. The fourth-order valence-corrected chi connectivity index (χ4v) is 3.80. The van der Waals surface area contributed by atoms with Crippen LogP contribution in [0, 0.1) is 0 Å². The Morgan fingerprint density at radius 1 is 1.34 bits per heavy atom. The van der Waals surface area contributed by atoms with Crippen molar-refractivity contribution in [3.63, 3.8) is 0 Å². The van der Waals surface area contributed by atoms with Crippen LogP contribution in [-0.4, -0.2) is 62.8 Å². The quantitative estimate of drug-likeness (QED) is 0.339. The molecule has 2 aromatic rings. The monoisotopic (exact) mass is 534 g/mol. The molecular weight excluding hydrogens is 507 g/mol. The molecule has 2 heterocycles. The van der Waals surface area contributed by atoms with E-state index in [9.17, 15) is 8.42 Å². The van der Waals surface area contributed by atoms with E-state index in [1.54, 1.807) is 36.0 Å². The molecule has 1 fully saturated rings. The molecule has 1 atom stereocenters. The zero-order valence-corrected chi connectivity index (χ0v) is 19.8. The zero-order valence-electron chi connectivity index (χ0n) is 16.7. The molecule has 3 rings (SSSR count). The first-order valence-electron chi connectivity index (χ1n) is 9.01. The number of aromatic nitrogens is 2. The third-order valence-electron chi connectivity index (χ3n) is 4.63. The minimum atomic E-state index is -3.42. The van der Waals surface area contributed by atoms with Gasteiger partial charge in [0.15, 0.2) is 5.96 Å². The number of sulfonamides is 1. The van der Waals surface area contributed by atoms with Crippen molar-refractivity contribution in [2.45, 2.75) is 17.5 Å². The maximum Gasteiger partial charge on any atom is 0.240 e. The Bertz CT molecular complexity index is 929. The molecule has 1 saturated heterocycles. The van der Waals surface area contributed by atoms with Crippen LogP contribution in [0.4, 0.5) is 0 Å². The van der Waals surface area contributed by atoms with E-state index in [0.717, 1.165) is 23.6 Å². The summed E-state index contributed by atoms with van der Waals surface area (Å²) in [5, 5.41) is 7.55. The summed E-state index contributed by atoms with van der Waals surface area (Å²) >= 11 is 0. The molecule has 0 radical (unpaired) electrons. The normalized spacial score (nSPS) is 17.7. The van der Waals surface area contributed by atoms with E-state index in [1.165, 1.54) is 7.05 Å². The van der Waals surface area contributed by atoms with Crippen LogP contribution in [0.25, 0.3) is 0 Å². The van der Waals surface area contributed by atoms with Crippen LogP contribution in [0.3, 0.4) is 0 Å². The third-order valence-corrected chi connectivity index (χ3v) is 6.06. The van der Waals surface area contributed by atoms with Crippen LogP contribution < -0.4 is 10.0 Å². The van der Waals surface area contributed by atoms with Crippen molar-refractivity contribution in [3.8, 4) is 0 Å². The number of morpholine rings is 1. The van der Waals surface area contributed by atoms with Crippen LogP contribution in [0.2, 0.25) is 0 Å². The highest BCUT2D eigenvalue weighted by atomic mass is 127. The molecule has 2 N–H and O–H groups in total. The first-order valence-corrected chi connectivity index (χ1v) is 10.5. The van der Waals surface area contributed by atoms with Gasteiger partial charge in [-0.15, -0.1) is 24.0 Å². The Morgan fingerprint density at radius 2 is 2.07 bits per heavy atom. The fraction of sp³-hybridized carbons (Fsp3) is 0.444. The lowest BCUT2D eigenvalue weighted by molar-refractivity contribution is -0.00805. The molecular formula is C18H27IN6O3S. The Labute approximate surface area is 188 Å². The zero-order chi connectivity index (χ0) is 20.1. The molecule has 1 aromatic carbocycles. The average molecular weight is 534 g/mol. The molecule has 0 aliphatic carbocycles. The minimum Gasteiger partial charge on any atom is -0.370 e. The summed E-state index contributed by atoms with van der Waals surface area (Å²) in [4.78, 5) is 6.78. The number of nitrogens with one attached hydrogen (secondary N) is 2. The Hall–Kier alpha value is -1.70. The van der Waals surface area contributed by atoms with Gasteiger partial charge in [-0.3, -0.25) is 9.67 Å². The van der Waals surface area contributed by atoms with Gasteiger partial charge in [0.05, 0.1) is 24.2 Å². The summed E-state index contributed by atoms with van der Waals surface area (Å²) in [6.45, 7) is 2.58. The lowest BCUT2D eigenvalue weighted by Gasteiger charge is -2.34. The number of benzene rings is 1. The van der Waals surface area contributed by atoms with E-state index in [-0.39, 0.29) is 35.0 Å². The van der Waals surface area contributed by atoms with E-state index in [0.29, 0.717) is 19.7 Å². The highest BCUT2D eigenvalue weighted by Crippen LogP contribution is 2.21. The molecule has 0 amide bonds. The molecule has 1 aliphatic heterocycles. The van der Waals surface area contributed by atoms with Gasteiger partial charge in [0.2, 0.25) is 10.0 Å². The van der Waals surface area contributed by atoms with E-state index in [4.69, 9.17) is 4.74 Å². The number of ether oxygens (including phenoxy) is 1. The van der Waals surface area contributed by atoms with E-state index < -0.39 is 10.0 Å². The summed E-state index contributed by atoms with van der Waals surface area (Å²) in [5.41, 5.74) is 2.01. The lowest BCUT2D eigenvalue weighted by Crippen LogP contribution is -2.47.